The zero-order valence-electron chi connectivity index (χ0n) is 19.4. The smallest absolute Gasteiger partial charge is 0.211 e. The minimum atomic E-state index is 0.0794. The maximum atomic E-state index is 6.50. The van der Waals surface area contributed by atoms with Crippen molar-refractivity contribution in [1.82, 2.24) is 14.4 Å². The van der Waals surface area contributed by atoms with Crippen molar-refractivity contribution < 1.29 is 4.74 Å². The highest BCUT2D eigenvalue weighted by Crippen LogP contribution is 2.43. The summed E-state index contributed by atoms with van der Waals surface area (Å²) in [7, 11) is 0. The van der Waals surface area contributed by atoms with E-state index in [1.807, 2.05) is 43.7 Å². The van der Waals surface area contributed by atoms with Crippen molar-refractivity contribution in [2.75, 3.05) is 24.6 Å². The monoisotopic (exact) mass is 496 g/mol. The van der Waals surface area contributed by atoms with Gasteiger partial charge in [-0.3, -0.25) is 9.39 Å². The number of piperidine rings is 1. The van der Waals surface area contributed by atoms with Crippen molar-refractivity contribution in [1.29, 1.82) is 0 Å². The van der Waals surface area contributed by atoms with Gasteiger partial charge in [0.1, 0.15) is 0 Å². The van der Waals surface area contributed by atoms with Crippen LogP contribution in [0.2, 0.25) is 5.02 Å². The van der Waals surface area contributed by atoms with Crippen LogP contribution in [0.3, 0.4) is 0 Å². The predicted octanol–water partition coefficient (Wildman–Crippen LogP) is 5.20. The van der Waals surface area contributed by atoms with Gasteiger partial charge in [0.15, 0.2) is 5.65 Å². The number of aromatic nitrogens is 3. The Morgan fingerprint density at radius 1 is 1.35 bits per heavy atom. The molecule has 2 aliphatic heterocycles. The number of hydrogen-bond donors (Lipinski definition) is 1. The lowest BCUT2D eigenvalue weighted by Gasteiger charge is -2.41. The van der Waals surface area contributed by atoms with Crippen molar-refractivity contribution in [3.63, 3.8) is 0 Å². The molecule has 178 valence electrons. The fourth-order valence-electron chi connectivity index (χ4n) is 5.05. The van der Waals surface area contributed by atoms with E-state index in [0.29, 0.717) is 5.02 Å². The lowest BCUT2D eigenvalue weighted by atomic mass is 9.73. The van der Waals surface area contributed by atoms with Gasteiger partial charge >= 0.3 is 0 Å². The molecular weight excluding hydrogens is 468 g/mol. The van der Waals surface area contributed by atoms with Gasteiger partial charge in [-0.25, -0.2) is 9.97 Å². The Balaban J connectivity index is 1.40. The molecule has 3 aromatic rings. The zero-order valence-corrected chi connectivity index (χ0v) is 21.0. The number of rotatable bonds is 5. The topological polar surface area (TPSA) is 81.0 Å². The standard InChI is InChI=1S/C25H29ClN6OS/c1-4-20(18-6-5-17(26)13-19(18)28-3)34-21-14-30-24(32-12-9-29-23(21)32)31-10-7-25(8-11-31)15-33-16(2)22(25)27/h4-6,9,12-14,16,22H,3,7-8,10-11,15,27H2,1-2H3/b20-4+/t16-,22+/m0/s1. The molecule has 0 radical (unpaired) electrons. The Morgan fingerprint density at radius 3 is 2.82 bits per heavy atom. The van der Waals surface area contributed by atoms with Gasteiger partial charge < -0.3 is 15.4 Å². The number of thioether (sulfide) groups is 1. The predicted molar refractivity (Wildman–Crippen MR) is 140 cm³/mol. The highest BCUT2D eigenvalue weighted by Gasteiger charge is 2.47. The summed E-state index contributed by atoms with van der Waals surface area (Å²) in [4.78, 5) is 18.0. The number of anilines is 1. The van der Waals surface area contributed by atoms with Crippen molar-refractivity contribution in [3.05, 3.63) is 53.5 Å². The average Bonchev–Trinajstić information content (AvgIpc) is 3.45. The molecule has 1 spiro atoms. The summed E-state index contributed by atoms with van der Waals surface area (Å²) < 4.78 is 7.96. The van der Waals surface area contributed by atoms with Crippen LogP contribution in [0.1, 0.15) is 32.3 Å². The minimum Gasteiger partial charge on any atom is -0.376 e. The van der Waals surface area contributed by atoms with Gasteiger partial charge in [-0.1, -0.05) is 35.5 Å². The number of halogens is 1. The summed E-state index contributed by atoms with van der Waals surface area (Å²) in [6.07, 6.45) is 9.92. The summed E-state index contributed by atoms with van der Waals surface area (Å²) in [5.41, 5.74) is 9.19. The largest absolute Gasteiger partial charge is 0.376 e. The fourth-order valence-corrected chi connectivity index (χ4v) is 6.20. The maximum Gasteiger partial charge on any atom is 0.211 e. The van der Waals surface area contributed by atoms with Crippen LogP contribution in [0, 0.1) is 5.41 Å². The molecule has 9 heteroatoms. The van der Waals surface area contributed by atoms with E-state index in [1.54, 1.807) is 11.8 Å². The molecule has 2 aliphatic rings. The van der Waals surface area contributed by atoms with Gasteiger partial charge in [0.05, 0.1) is 23.3 Å². The molecule has 5 rings (SSSR count). The molecule has 2 atom stereocenters. The van der Waals surface area contributed by atoms with E-state index < -0.39 is 0 Å². The summed E-state index contributed by atoms with van der Waals surface area (Å²) in [5.74, 6) is 0.911. The average molecular weight is 497 g/mol. The Labute approximate surface area is 209 Å². The number of ether oxygens (including phenoxy) is 1. The summed E-state index contributed by atoms with van der Waals surface area (Å²) in [6, 6.07) is 5.76. The van der Waals surface area contributed by atoms with E-state index in [9.17, 15) is 0 Å². The Kier molecular flexibility index (Phi) is 6.41. The Hall–Kier alpha value is -2.39. The highest BCUT2D eigenvalue weighted by molar-refractivity contribution is 8.08. The molecular formula is C25H29ClN6OS. The fraction of sp³-hybridized carbons (Fsp3) is 0.400. The van der Waals surface area contributed by atoms with Crippen molar-refractivity contribution in [2.24, 2.45) is 16.1 Å². The minimum absolute atomic E-state index is 0.0794. The molecule has 7 nitrogen and oxygen atoms in total. The first-order chi connectivity index (χ1) is 16.5. The molecule has 2 saturated heterocycles. The number of allylic oxidation sites excluding steroid dienone is 1. The molecule has 0 amide bonds. The third-order valence-electron chi connectivity index (χ3n) is 7.14. The SMILES string of the molecule is C=Nc1cc(Cl)ccc1/C(=C\C)Sc1cnc(N2CCC3(CC2)CO[C@@H](C)[C@H]3N)n2ccnc12. The van der Waals surface area contributed by atoms with Crippen LogP contribution in [-0.4, -0.2) is 52.9 Å². The van der Waals surface area contributed by atoms with Gasteiger partial charge in [-0.05, 0) is 45.5 Å². The Morgan fingerprint density at radius 2 is 2.15 bits per heavy atom. The Bertz CT molecular complexity index is 1250. The quantitative estimate of drug-likeness (QED) is 0.386. The van der Waals surface area contributed by atoms with Crippen molar-refractivity contribution in [3.8, 4) is 0 Å². The van der Waals surface area contributed by atoms with E-state index in [-0.39, 0.29) is 17.6 Å². The molecule has 2 fully saturated rings. The number of fused-ring (bicyclic) bond motifs is 1. The van der Waals surface area contributed by atoms with Crippen LogP contribution in [-0.2, 0) is 4.74 Å². The second-order valence-electron chi connectivity index (χ2n) is 9.01. The number of nitrogens with zero attached hydrogens (tertiary/aromatic N) is 5. The molecule has 0 unspecified atom stereocenters. The molecule has 0 aliphatic carbocycles. The van der Waals surface area contributed by atoms with Gasteiger partial charge in [-0.15, -0.1) is 0 Å². The molecule has 2 N–H and O–H groups in total. The molecule has 0 bridgehead atoms. The highest BCUT2D eigenvalue weighted by atomic mass is 35.5. The van der Waals surface area contributed by atoms with Crippen LogP contribution in [0.5, 0.6) is 0 Å². The molecule has 4 heterocycles. The van der Waals surface area contributed by atoms with Gasteiger partial charge in [0.25, 0.3) is 0 Å². The van der Waals surface area contributed by atoms with E-state index in [2.05, 4.69) is 39.0 Å². The number of imidazole rings is 1. The van der Waals surface area contributed by atoms with E-state index in [1.165, 1.54) is 0 Å². The molecule has 0 saturated carbocycles. The van der Waals surface area contributed by atoms with E-state index in [4.69, 9.17) is 27.1 Å². The normalized spacial score (nSPS) is 22.6. The molecule has 2 aromatic heterocycles. The first-order valence-corrected chi connectivity index (χ1v) is 12.7. The lowest BCUT2D eigenvalue weighted by Crippen LogP contribution is -2.51. The van der Waals surface area contributed by atoms with Crippen LogP contribution < -0.4 is 10.6 Å². The number of nitrogens with two attached hydrogens (primary N) is 1. The van der Waals surface area contributed by atoms with Crippen LogP contribution in [0.25, 0.3) is 10.6 Å². The van der Waals surface area contributed by atoms with Gasteiger partial charge in [0.2, 0.25) is 5.95 Å². The number of hydrogen-bond acceptors (Lipinski definition) is 7. The first kappa shape index (κ1) is 23.4. The van der Waals surface area contributed by atoms with Gasteiger partial charge in [0, 0.05) is 58.6 Å². The number of aliphatic imine (C=N–C) groups is 1. The lowest BCUT2D eigenvalue weighted by molar-refractivity contribution is 0.0973. The van der Waals surface area contributed by atoms with E-state index in [0.717, 1.165) is 65.2 Å². The van der Waals surface area contributed by atoms with Crippen molar-refractivity contribution >= 4 is 52.3 Å². The van der Waals surface area contributed by atoms with Crippen LogP contribution >= 0.6 is 23.4 Å². The third kappa shape index (κ3) is 4.02. The zero-order chi connectivity index (χ0) is 23.9. The summed E-state index contributed by atoms with van der Waals surface area (Å²) in [5, 5.41) is 0.635. The second kappa shape index (κ2) is 9.34. The van der Waals surface area contributed by atoms with Crippen LogP contribution in [0.15, 0.2) is 52.8 Å². The third-order valence-corrected chi connectivity index (χ3v) is 8.56. The molecule has 34 heavy (non-hydrogen) atoms. The van der Waals surface area contributed by atoms with Crippen LogP contribution in [0.4, 0.5) is 11.6 Å². The summed E-state index contributed by atoms with van der Waals surface area (Å²) in [6.45, 7) is 10.3. The second-order valence-corrected chi connectivity index (χ2v) is 10.5. The van der Waals surface area contributed by atoms with Crippen molar-refractivity contribution in [2.45, 2.75) is 43.7 Å². The summed E-state index contributed by atoms with van der Waals surface area (Å²) >= 11 is 7.77. The van der Waals surface area contributed by atoms with E-state index >= 15 is 0 Å². The molecule has 1 aromatic carbocycles. The first-order valence-electron chi connectivity index (χ1n) is 11.5. The van der Waals surface area contributed by atoms with Gasteiger partial charge in [-0.2, -0.15) is 0 Å². The number of benzene rings is 1. The maximum absolute atomic E-state index is 6.50.